The van der Waals surface area contributed by atoms with Gasteiger partial charge in [0.1, 0.15) is 17.5 Å². The summed E-state index contributed by atoms with van der Waals surface area (Å²) >= 11 is 6.04. The molecule has 0 atom stereocenters. The van der Waals surface area contributed by atoms with Crippen molar-refractivity contribution < 1.29 is 8.42 Å². The molecule has 152 valence electrons. The SMILES string of the molecule is Cc1nc(N)cc(-c2cccnc2Nc2cnc(Cl)c(NS(=O)(=O)N(C)C)c2)n1. The summed E-state index contributed by atoms with van der Waals surface area (Å²) < 4.78 is 27.6. The van der Waals surface area contributed by atoms with E-state index in [9.17, 15) is 8.42 Å². The molecule has 0 bridgehead atoms. The second kappa shape index (κ2) is 8.15. The molecule has 3 heterocycles. The first-order valence-electron chi connectivity index (χ1n) is 8.35. The van der Waals surface area contributed by atoms with Crippen LogP contribution in [0.5, 0.6) is 0 Å². The number of nitrogens with two attached hydrogens (primary N) is 1. The minimum atomic E-state index is -3.74. The zero-order chi connectivity index (χ0) is 21.2. The van der Waals surface area contributed by atoms with E-state index in [1.54, 1.807) is 25.3 Å². The number of aryl methyl sites for hydroxylation is 1. The molecule has 0 amide bonds. The van der Waals surface area contributed by atoms with E-state index in [0.717, 1.165) is 4.31 Å². The lowest BCUT2D eigenvalue weighted by Crippen LogP contribution is -2.29. The first-order chi connectivity index (χ1) is 13.7. The molecule has 3 aromatic heterocycles. The van der Waals surface area contributed by atoms with Crippen LogP contribution in [-0.4, -0.2) is 46.8 Å². The second-order valence-corrected chi connectivity index (χ2v) is 8.44. The lowest BCUT2D eigenvalue weighted by atomic mass is 10.1. The Morgan fingerprint density at radius 1 is 1.17 bits per heavy atom. The van der Waals surface area contributed by atoms with Crippen LogP contribution in [0.25, 0.3) is 11.3 Å². The van der Waals surface area contributed by atoms with Gasteiger partial charge in [0.15, 0.2) is 5.15 Å². The molecule has 0 aliphatic carbocycles. The van der Waals surface area contributed by atoms with Gasteiger partial charge in [-0.05, 0) is 25.1 Å². The number of rotatable bonds is 6. The number of hydrogen-bond donors (Lipinski definition) is 3. The molecule has 29 heavy (non-hydrogen) atoms. The Hall–Kier alpha value is -3.02. The number of halogens is 1. The number of anilines is 4. The van der Waals surface area contributed by atoms with Crippen LogP contribution in [0.1, 0.15) is 5.82 Å². The lowest BCUT2D eigenvalue weighted by Gasteiger charge is -2.15. The largest absolute Gasteiger partial charge is 0.384 e. The summed E-state index contributed by atoms with van der Waals surface area (Å²) in [5.74, 6) is 1.36. The first kappa shape index (κ1) is 20.7. The molecule has 12 heteroatoms. The van der Waals surface area contributed by atoms with Crippen molar-refractivity contribution in [2.24, 2.45) is 0 Å². The molecule has 0 aliphatic heterocycles. The summed E-state index contributed by atoms with van der Waals surface area (Å²) in [6.45, 7) is 1.75. The van der Waals surface area contributed by atoms with Crippen LogP contribution in [0, 0.1) is 6.92 Å². The minimum Gasteiger partial charge on any atom is -0.384 e. The highest BCUT2D eigenvalue weighted by atomic mass is 35.5. The Labute approximate surface area is 173 Å². The first-order valence-corrected chi connectivity index (χ1v) is 10.2. The average Bonchev–Trinajstić information content (AvgIpc) is 2.64. The van der Waals surface area contributed by atoms with Crippen LogP contribution in [0.4, 0.5) is 23.0 Å². The van der Waals surface area contributed by atoms with Gasteiger partial charge in [0.2, 0.25) is 0 Å². The minimum absolute atomic E-state index is 0.0152. The van der Waals surface area contributed by atoms with Crippen molar-refractivity contribution in [2.45, 2.75) is 6.92 Å². The third-order valence-corrected chi connectivity index (χ3v) is 5.50. The van der Waals surface area contributed by atoms with Gasteiger partial charge in [0.25, 0.3) is 0 Å². The fourth-order valence-corrected chi connectivity index (χ4v) is 3.22. The molecular formula is C17H19ClN8O2S. The molecule has 0 saturated carbocycles. The molecule has 0 aliphatic rings. The van der Waals surface area contributed by atoms with Crippen molar-refractivity contribution in [3.05, 3.63) is 47.6 Å². The molecule has 0 saturated heterocycles. The molecule has 3 rings (SSSR count). The van der Waals surface area contributed by atoms with Gasteiger partial charge in [0.05, 0.1) is 23.3 Å². The molecule has 4 N–H and O–H groups in total. The van der Waals surface area contributed by atoms with Crippen molar-refractivity contribution in [3.63, 3.8) is 0 Å². The highest BCUT2D eigenvalue weighted by Crippen LogP contribution is 2.30. The zero-order valence-electron chi connectivity index (χ0n) is 15.9. The predicted octanol–water partition coefficient (Wildman–Crippen LogP) is 2.44. The summed E-state index contributed by atoms with van der Waals surface area (Å²) in [4.78, 5) is 16.9. The summed E-state index contributed by atoms with van der Waals surface area (Å²) in [5.41, 5.74) is 7.73. The topological polar surface area (TPSA) is 139 Å². The van der Waals surface area contributed by atoms with E-state index in [2.05, 4.69) is 30.0 Å². The van der Waals surface area contributed by atoms with Gasteiger partial charge in [-0.15, -0.1) is 0 Å². The molecule has 0 spiro atoms. The fourth-order valence-electron chi connectivity index (χ4n) is 2.40. The average molecular weight is 435 g/mol. The highest BCUT2D eigenvalue weighted by Gasteiger charge is 2.17. The van der Waals surface area contributed by atoms with Crippen molar-refractivity contribution in [3.8, 4) is 11.3 Å². The van der Waals surface area contributed by atoms with Crippen LogP contribution in [0.2, 0.25) is 5.15 Å². The third kappa shape index (κ3) is 4.88. The Kier molecular flexibility index (Phi) is 5.82. The molecule has 0 aromatic carbocycles. The van der Waals surface area contributed by atoms with E-state index in [1.807, 2.05) is 6.07 Å². The molecule has 0 fully saturated rings. The molecule has 0 radical (unpaired) electrons. The maximum atomic E-state index is 12.1. The van der Waals surface area contributed by atoms with Gasteiger partial charge >= 0.3 is 10.2 Å². The predicted molar refractivity (Wildman–Crippen MR) is 113 cm³/mol. The summed E-state index contributed by atoms with van der Waals surface area (Å²) in [6.07, 6.45) is 3.08. The van der Waals surface area contributed by atoms with Gasteiger partial charge in [-0.3, -0.25) is 4.72 Å². The molecule has 10 nitrogen and oxygen atoms in total. The van der Waals surface area contributed by atoms with E-state index in [-0.39, 0.29) is 10.8 Å². The Bertz CT molecular complexity index is 1130. The Morgan fingerprint density at radius 3 is 2.62 bits per heavy atom. The summed E-state index contributed by atoms with van der Waals surface area (Å²) in [7, 11) is -0.931. The fraction of sp³-hybridized carbons (Fsp3) is 0.176. The molecule has 3 aromatic rings. The van der Waals surface area contributed by atoms with Crippen LogP contribution >= 0.6 is 11.6 Å². The smallest absolute Gasteiger partial charge is 0.301 e. The van der Waals surface area contributed by atoms with Gasteiger partial charge in [-0.2, -0.15) is 12.7 Å². The van der Waals surface area contributed by atoms with Crippen molar-refractivity contribution in [2.75, 3.05) is 29.9 Å². The van der Waals surface area contributed by atoms with E-state index >= 15 is 0 Å². The van der Waals surface area contributed by atoms with Crippen LogP contribution < -0.4 is 15.8 Å². The van der Waals surface area contributed by atoms with Crippen molar-refractivity contribution >= 4 is 44.8 Å². The monoisotopic (exact) mass is 434 g/mol. The van der Waals surface area contributed by atoms with Crippen molar-refractivity contribution in [1.82, 2.24) is 24.2 Å². The van der Waals surface area contributed by atoms with Gasteiger partial charge in [0, 0.05) is 31.9 Å². The van der Waals surface area contributed by atoms with Gasteiger partial charge in [-0.1, -0.05) is 11.6 Å². The van der Waals surface area contributed by atoms with Crippen LogP contribution in [0.15, 0.2) is 36.7 Å². The van der Waals surface area contributed by atoms with Crippen LogP contribution in [-0.2, 0) is 10.2 Å². The van der Waals surface area contributed by atoms with E-state index in [0.29, 0.717) is 34.4 Å². The summed E-state index contributed by atoms with van der Waals surface area (Å²) in [6, 6.07) is 6.76. The van der Waals surface area contributed by atoms with E-state index in [1.165, 1.54) is 26.4 Å². The second-order valence-electron chi connectivity index (χ2n) is 6.20. The van der Waals surface area contributed by atoms with Crippen LogP contribution in [0.3, 0.4) is 0 Å². The normalized spacial score (nSPS) is 11.5. The Balaban J connectivity index is 1.96. The number of nitrogens with one attached hydrogen (secondary N) is 2. The number of hydrogen-bond acceptors (Lipinski definition) is 8. The lowest BCUT2D eigenvalue weighted by molar-refractivity contribution is 0.527. The summed E-state index contributed by atoms with van der Waals surface area (Å²) in [5, 5.41) is 3.13. The van der Waals surface area contributed by atoms with E-state index in [4.69, 9.17) is 17.3 Å². The standard InChI is InChI=1S/C17H19ClN8O2S/c1-10-22-13(8-15(19)23-10)12-5-4-6-20-17(12)24-11-7-14(16(18)21-9-11)25-29(27,28)26(2)3/h4-9,25H,1-3H3,(H,20,24)(H2,19,22,23). The zero-order valence-corrected chi connectivity index (χ0v) is 17.5. The third-order valence-electron chi connectivity index (χ3n) is 3.76. The highest BCUT2D eigenvalue weighted by molar-refractivity contribution is 7.90. The maximum absolute atomic E-state index is 12.1. The number of aromatic nitrogens is 4. The van der Waals surface area contributed by atoms with E-state index < -0.39 is 10.2 Å². The van der Waals surface area contributed by atoms with Gasteiger partial charge in [-0.25, -0.2) is 19.9 Å². The quantitative estimate of drug-likeness (QED) is 0.502. The van der Waals surface area contributed by atoms with Gasteiger partial charge < -0.3 is 11.1 Å². The number of pyridine rings is 2. The van der Waals surface area contributed by atoms with Crippen molar-refractivity contribution in [1.29, 1.82) is 0 Å². The molecular weight excluding hydrogens is 416 g/mol. The number of nitrogen functional groups attached to an aromatic ring is 1. The molecule has 0 unspecified atom stereocenters. The number of nitrogens with zero attached hydrogens (tertiary/aromatic N) is 5. The maximum Gasteiger partial charge on any atom is 0.301 e. The Morgan fingerprint density at radius 2 is 1.93 bits per heavy atom.